The van der Waals surface area contributed by atoms with Gasteiger partial charge in [-0.25, -0.2) is 15.0 Å². The number of nitro groups is 1. The molecule has 2 aromatic heterocycles. The molecule has 0 amide bonds. The maximum Gasteiger partial charge on any atom is 0.274 e. The molecule has 1 N–H and O–H groups in total. The number of rotatable bonds is 6. The summed E-state index contributed by atoms with van der Waals surface area (Å²) >= 11 is 6.03. The Morgan fingerprint density at radius 1 is 1.36 bits per heavy atom. The minimum atomic E-state index is -0.581. The van der Waals surface area contributed by atoms with Crippen molar-refractivity contribution in [3.8, 4) is 0 Å². The van der Waals surface area contributed by atoms with Crippen LogP contribution in [0.25, 0.3) is 11.2 Å². The number of ether oxygens (including phenoxy) is 2. The summed E-state index contributed by atoms with van der Waals surface area (Å²) in [5.41, 5.74) is 1.42. The summed E-state index contributed by atoms with van der Waals surface area (Å²) in [6.07, 6.45) is 1.80. The topological polar surface area (TPSA) is 125 Å². The quantitative estimate of drug-likeness (QED) is 0.376. The zero-order valence-corrected chi connectivity index (χ0v) is 15.3. The van der Waals surface area contributed by atoms with Crippen LogP contribution in [-0.2, 0) is 16.1 Å². The molecule has 146 valence electrons. The van der Waals surface area contributed by atoms with E-state index in [1.54, 1.807) is 29.1 Å². The molecular weight excluding hydrogens is 390 g/mol. The van der Waals surface area contributed by atoms with Crippen LogP contribution in [0.15, 0.2) is 36.9 Å². The summed E-state index contributed by atoms with van der Waals surface area (Å²) < 4.78 is 13.5. The van der Waals surface area contributed by atoms with Crippen molar-refractivity contribution in [1.82, 2.24) is 19.5 Å². The lowest BCUT2D eigenvalue weighted by Crippen LogP contribution is -2.27. The van der Waals surface area contributed by atoms with Crippen LogP contribution >= 0.6 is 11.6 Å². The fourth-order valence-corrected chi connectivity index (χ4v) is 3.43. The van der Waals surface area contributed by atoms with Gasteiger partial charge >= 0.3 is 0 Å². The smallest absolute Gasteiger partial charge is 0.274 e. The largest absolute Gasteiger partial charge is 0.394 e. The molecule has 1 aromatic carbocycles. The molecule has 1 aliphatic heterocycles. The number of hydrogen-bond donors (Lipinski definition) is 1. The van der Waals surface area contributed by atoms with E-state index in [2.05, 4.69) is 15.0 Å². The Labute approximate surface area is 163 Å². The summed E-state index contributed by atoms with van der Waals surface area (Å²) in [5, 5.41) is 21.1. The fourth-order valence-electron chi connectivity index (χ4n) is 3.25. The van der Waals surface area contributed by atoms with E-state index in [9.17, 15) is 15.2 Å². The van der Waals surface area contributed by atoms with Gasteiger partial charge in [0.25, 0.3) is 5.69 Å². The molecule has 0 saturated carbocycles. The highest BCUT2D eigenvalue weighted by Crippen LogP contribution is 2.34. The van der Waals surface area contributed by atoms with Crippen LogP contribution in [0.1, 0.15) is 18.2 Å². The molecule has 0 aliphatic carbocycles. The molecular formula is C17H16ClN5O5. The number of nitrogens with zero attached hydrogens (tertiary/aromatic N) is 5. The molecule has 28 heavy (non-hydrogen) atoms. The van der Waals surface area contributed by atoms with E-state index in [1.165, 1.54) is 12.4 Å². The van der Waals surface area contributed by atoms with E-state index >= 15 is 0 Å². The number of halogens is 1. The van der Waals surface area contributed by atoms with Crippen molar-refractivity contribution in [3.63, 3.8) is 0 Å². The van der Waals surface area contributed by atoms with Crippen molar-refractivity contribution in [1.29, 1.82) is 0 Å². The van der Waals surface area contributed by atoms with Crippen LogP contribution in [0.3, 0.4) is 0 Å². The number of aliphatic hydroxyl groups excluding tert-OH is 1. The van der Waals surface area contributed by atoms with Crippen LogP contribution in [0, 0.1) is 10.1 Å². The van der Waals surface area contributed by atoms with Crippen molar-refractivity contribution in [2.45, 2.75) is 31.5 Å². The van der Waals surface area contributed by atoms with Gasteiger partial charge < -0.3 is 14.6 Å². The van der Waals surface area contributed by atoms with Crippen molar-refractivity contribution < 1.29 is 19.5 Å². The van der Waals surface area contributed by atoms with Gasteiger partial charge in [0.15, 0.2) is 10.8 Å². The average molecular weight is 406 g/mol. The van der Waals surface area contributed by atoms with Gasteiger partial charge in [0, 0.05) is 12.5 Å². The van der Waals surface area contributed by atoms with Crippen LogP contribution < -0.4 is 0 Å². The molecule has 1 fully saturated rings. The van der Waals surface area contributed by atoms with Gasteiger partial charge in [0.2, 0.25) is 0 Å². The predicted molar refractivity (Wildman–Crippen MR) is 97.6 cm³/mol. The van der Waals surface area contributed by atoms with E-state index in [-0.39, 0.29) is 24.1 Å². The number of aliphatic hydroxyl groups is 1. The van der Waals surface area contributed by atoms with Gasteiger partial charge in [-0.15, -0.1) is 0 Å². The first kappa shape index (κ1) is 18.7. The lowest BCUT2D eigenvalue weighted by atomic mass is 10.1. The summed E-state index contributed by atoms with van der Waals surface area (Å²) in [6.45, 7) is -0.215. The molecule has 3 unspecified atom stereocenters. The van der Waals surface area contributed by atoms with Crippen molar-refractivity contribution in [2.24, 2.45) is 0 Å². The monoisotopic (exact) mass is 405 g/mol. The number of imidazole rings is 1. The Bertz CT molecular complexity index is 1010. The van der Waals surface area contributed by atoms with Crippen molar-refractivity contribution in [2.75, 3.05) is 6.61 Å². The van der Waals surface area contributed by atoms with Gasteiger partial charge in [-0.05, 0) is 6.07 Å². The van der Waals surface area contributed by atoms with Crippen LogP contribution in [0.5, 0.6) is 0 Å². The molecule has 0 bridgehead atoms. The fraction of sp³-hybridized carbons (Fsp3) is 0.353. The van der Waals surface area contributed by atoms with Crippen LogP contribution in [0.2, 0.25) is 5.15 Å². The van der Waals surface area contributed by atoms with Gasteiger partial charge in [0.1, 0.15) is 24.2 Å². The number of benzene rings is 1. The highest BCUT2D eigenvalue weighted by molar-refractivity contribution is 6.33. The zero-order chi connectivity index (χ0) is 19.7. The first-order valence-electron chi connectivity index (χ1n) is 8.51. The first-order chi connectivity index (χ1) is 13.6. The van der Waals surface area contributed by atoms with Gasteiger partial charge in [-0.1, -0.05) is 23.7 Å². The molecule has 0 spiro atoms. The summed E-state index contributed by atoms with van der Waals surface area (Å²) in [7, 11) is 0. The summed E-state index contributed by atoms with van der Waals surface area (Å²) in [4.78, 5) is 23.0. The lowest BCUT2D eigenvalue weighted by Gasteiger charge is -2.16. The number of aromatic nitrogens is 4. The summed E-state index contributed by atoms with van der Waals surface area (Å²) in [5.74, 6) is 0. The zero-order valence-electron chi connectivity index (χ0n) is 14.5. The highest BCUT2D eigenvalue weighted by atomic mass is 35.5. The Morgan fingerprint density at radius 2 is 2.18 bits per heavy atom. The highest BCUT2D eigenvalue weighted by Gasteiger charge is 2.37. The Morgan fingerprint density at radius 3 is 2.96 bits per heavy atom. The third-order valence-corrected chi connectivity index (χ3v) is 4.90. The molecule has 11 heteroatoms. The maximum absolute atomic E-state index is 11.2. The lowest BCUT2D eigenvalue weighted by molar-refractivity contribution is -0.386. The molecule has 3 heterocycles. The molecule has 4 rings (SSSR count). The van der Waals surface area contributed by atoms with Gasteiger partial charge in [-0.3, -0.25) is 14.7 Å². The molecule has 3 atom stereocenters. The Hall–Kier alpha value is -2.66. The first-order valence-corrected chi connectivity index (χ1v) is 8.89. The van der Waals surface area contributed by atoms with E-state index in [0.717, 1.165) is 0 Å². The maximum atomic E-state index is 11.2. The SMILES string of the molecule is O=[N+]([O-])c1ccccc1COC1CC(n2cnc3c(Cl)ncnc32)OC1CO. The average Bonchev–Trinajstić information content (AvgIpc) is 3.31. The number of hydrogen-bond acceptors (Lipinski definition) is 8. The van der Waals surface area contributed by atoms with E-state index < -0.39 is 23.4 Å². The van der Waals surface area contributed by atoms with Crippen LogP contribution in [-0.4, -0.2) is 48.4 Å². The second-order valence-corrected chi connectivity index (χ2v) is 6.63. The van der Waals surface area contributed by atoms with E-state index in [1.807, 2.05) is 0 Å². The Balaban J connectivity index is 1.52. The van der Waals surface area contributed by atoms with Crippen molar-refractivity contribution in [3.05, 3.63) is 57.8 Å². The predicted octanol–water partition coefficient (Wildman–Crippen LogP) is 2.25. The molecule has 1 saturated heterocycles. The number of fused-ring (bicyclic) bond motifs is 1. The van der Waals surface area contributed by atoms with Crippen molar-refractivity contribution >= 4 is 28.5 Å². The molecule has 1 aliphatic rings. The second-order valence-electron chi connectivity index (χ2n) is 6.27. The minimum Gasteiger partial charge on any atom is -0.394 e. The standard InChI is InChI=1S/C17H16ClN5O5/c18-16-15-17(20-8-19-16)22(9-21-15)14-5-12(13(6-24)28-14)27-7-10-3-1-2-4-11(10)23(25)26/h1-4,8-9,12-14,24H,5-7H2. The van der Waals surface area contributed by atoms with Gasteiger partial charge in [-0.2, -0.15) is 0 Å². The van der Waals surface area contributed by atoms with Crippen LogP contribution in [0.4, 0.5) is 5.69 Å². The van der Waals surface area contributed by atoms with E-state index in [4.69, 9.17) is 21.1 Å². The molecule has 10 nitrogen and oxygen atoms in total. The number of para-hydroxylation sites is 1. The second kappa shape index (κ2) is 7.76. The summed E-state index contributed by atoms with van der Waals surface area (Å²) in [6, 6.07) is 6.38. The van der Waals surface area contributed by atoms with Gasteiger partial charge in [0.05, 0.1) is 36.1 Å². The van der Waals surface area contributed by atoms with E-state index in [0.29, 0.717) is 23.1 Å². The Kier molecular flexibility index (Phi) is 5.18. The molecule has 3 aromatic rings. The third kappa shape index (κ3) is 3.42. The normalized spacial score (nSPS) is 22.0. The third-order valence-electron chi connectivity index (χ3n) is 4.63. The minimum absolute atomic E-state index is 0.00883. The number of nitro benzene ring substituents is 1. The molecule has 0 radical (unpaired) electrons.